The van der Waals surface area contributed by atoms with E-state index in [0.717, 1.165) is 33.5 Å². The molecule has 0 bridgehead atoms. The summed E-state index contributed by atoms with van der Waals surface area (Å²) >= 11 is 1.47. The van der Waals surface area contributed by atoms with Crippen LogP contribution in [0, 0.1) is 6.92 Å². The predicted octanol–water partition coefficient (Wildman–Crippen LogP) is 4.82. The molecule has 3 aromatic rings. The second-order valence-electron chi connectivity index (χ2n) is 6.34. The van der Waals surface area contributed by atoms with Crippen molar-refractivity contribution < 1.29 is 13.9 Å². The first-order chi connectivity index (χ1) is 12.5. The molecule has 5 nitrogen and oxygen atoms in total. The first-order valence-corrected chi connectivity index (χ1v) is 9.39. The number of hydrogen-bond donors (Lipinski definition) is 1. The second-order valence-corrected chi connectivity index (χ2v) is 7.20. The molecule has 0 atom stereocenters. The molecule has 0 radical (unpaired) electrons. The molecule has 0 aliphatic rings. The molecule has 1 N–H and O–H groups in total. The summed E-state index contributed by atoms with van der Waals surface area (Å²) in [6.45, 7) is 6.42. The van der Waals surface area contributed by atoms with Gasteiger partial charge in [-0.2, -0.15) is 0 Å². The van der Waals surface area contributed by atoms with Crippen LogP contribution in [0.2, 0.25) is 0 Å². The van der Waals surface area contributed by atoms with Gasteiger partial charge in [-0.1, -0.05) is 12.1 Å². The first-order valence-electron chi connectivity index (χ1n) is 8.51. The number of hydrogen-bond acceptors (Lipinski definition) is 5. The molecule has 1 amide bonds. The number of amides is 1. The van der Waals surface area contributed by atoms with Crippen molar-refractivity contribution >= 4 is 22.9 Å². The number of carbonyl (C=O) groups excluding carboxylic acids is 1. The van der Waals surface area contributed by atoms with E-state index in [0.29, 0.717) is 6.61 Å². The minimum absolute atomic E-state index is 0.0978. The lowest BCUT2D eigenvalue weighted by atomic mass is 10.2. The summed E-state index contributed by atoms with van der Waals surface area (Å²) < 4.78 is 11.2. The van der Waals surface area contributed by atoms with Gasteiger partial charge in [0.2, 0.25) is 5.91 Å². The molecular weight excluding hydrogens is 348 g/mol. The molecule has 3 rings (SSSR count). The molecule has 0 saturated carbocycles. The summed E-state index contributed by atoms with van der Waals surface area (Å²) in [6, 6.07) is 11.5. The van der Waals surface area contributed by atoms with E-state index in [2.05, 4.69) is 10.3 Å². The zero-order chi connectivity index (χ0) is 18.5. The van der Waals surface area contributed by atoms with Crippen molar-refractivity contribution in [2.75, 3.05) is 5.32 Å². The summed E-state index contributed by atoms with van der Waals surface area (Å²) in [4.78, 5) is 16.8. The fourth-order valence-electron chi connectivity index (χ4n) is 2.42. The normalized spacial score (nSPS) is 11.1. The van der Waals surface area contributed by atoms with Crippen LogP contribution in [0.15, 0.2) is 46.2 Å². The average molecular weight is 370 g/mol. The van der Waals surface area contributed by atoms with Gasteiger partial charge in [0.25, 0.3) is 0 Å². The predicted molar refractivity (Wildman–Crippen MR) is 103 cm³/mol. The molecule has 2 aromatic heterocycles. The van der Waals surface area contributed by atoms with Crippen LogP contribution in [-0.2, 0) is 22.6 Å². The van der Waals surface area contributed by atoms with Crippen LogP contribution in [0.4, 0.5) is 5.69 Å². The minimum Gasteiger partial charge on any atom is -0.459 e. The fraction of sp³-hybridized carbons (Fsp3) is 0.300. The van der Waals surface area contributed by atoms with Crippen LogP contribution in [0.25, 0.3) is 10.8 Å². The summed E-state index contributed by atoms with van der Waals surface area (Å²) in [5.41, 5.74) is 2.52. The Balaban J connectivity index is 1.59. The maximum Gasteiger partial charge on any atom is 0.230 e. The number of rotatable bonds is 7. The number of benzene rings is 1. The Bertz CT molecular complexity index is 883. The Morgan fingerprint density at radius 3 is 2.88 bits per heavy atom. The standard InChI is InChI=1S/C20H22N2O3S/c1-13(2)24-11-15-5-4-6-16(9-15)21-19(23)10-17-12-26-20(22-17)18-8-7-14(3)25-18/h4-9,12-13H,10-11H2,1-3H3,(H,21,23). The number of nitrogens with zero attached hydrogens (tertiary/aromatic N) is 1. The zero-order valence-corrected chi connectivity index (χ0v) is 15.9. The third-order valence-corrected chi connectivity index (χ3v) is 4.54. The third kappa shape index (κ3) is 5.03. The Labute approximate surface area is 157 Å². The maximum atomic E-state index is 12.3. The van der Waals surface area contributed by atoms with Gasteiger partial charge in [-0.25, -0.2) is 4.98 Å². The molecular formula is C20H22N2O3S. The second kappa shape index (κ2) is 8.29. The van der Waals surface area contributed by atoms with Crippen LogP contribution in [-0.4, -0.2) is 17.0 Å². The van der Waals surface area contributed by atoms with Crippen molar-refractivity contribution in [3.8, 4) is 10.8 Å². The lowest BCUT2D eigenvalue weighted by molar-refractivity contribution is -0.115. The molecule has 0 aliphatic heterocycles. The summed E-state index contributed by atoms with van der Waals surface area (Å²) in [6.07, 6.45) is 0.396. The first kappa shape index (κ1) is 18.4. The van der Waals surface area contributed by atoms with Gasteiger partial charge in [-0.15, -0.1) is 11.3 Å². The smallest absolute Gasteiger partial charge is 0.230 e. The number of nitrogens with one attached hydrogen (secondary N) is 1. The van der Waals surface area contributed by atoms with Crippen molar-refractivity contribution in [2.24, 2.45) is 0 Å². The zero-order valence-electron chi connectivity index (χ0n) is 15.1. The van der Waals surface area contributed by atoms with Gasteiger partial charge in [0.15, 0.2) is 10.8 Å². The van der Waals surface area contributed by atoms with Gasteiger partial charge in [0, 0.05) is 11.1 Å². The Morgan fingerprint density at radius 1 is 1.31 bits per heavy atom. The van der Waals surface area contributed by atoms with Gasteiger partial charge in [-0.3, -0.25) is 4.79 Å². The average Bonchev–Trinajstić information content (AvgIpc) is 3.22. The van der Waals surface area contributed by atoms with Crippen LogP contribution < -0.4 is 5.32 Å². The van der Waals surface area contributed by atoms with Crippen LogP contribution in [0.3, 0.4) is 0 Å². The lowest BCUT2D eigenvalue weighted by Gasteiger charge is -2.09. The van der Waals surface area contributed by atoms with E-state index in [1.807, 2.05) is 62.5 Å². The van der Waals surface area contributed by atoms with Crippen molar-refractivity contribution in [2.45, 2.75) is 39.9 Å². The molecule has 136 valence electrons. The van der Waals surface area contributed by atoms with E-state index in [1.165, 1.54) is 11.3 Å². The highest BCUT2D eigenvalue weighted by atomic mass is 32.1. The Kier molecular flexibility index (Phi) is 5.85. The van der Waals surface area contributed by atoms with Crippen molar-refractivity contribution in [1.29, 1.82) is 0 Å². The van der Waals surface area contributed by atoms with Crippen molar-refractivity contribution in [1.82, 2.24) is 4.98 Å². The highest BCUT2D eigenvalue weighted by Gasteiger charge is 2.11. The number of anilines is 1. The molecule has 0 aliphatic carbocycles. The van der Waals surface area contributed by atoms with E-state index in [9.17, 15) is 4.79 Å². The summed E-state index contributed by atoms with van der Waals surface area (Å²) in [7, 11) is 0. The number of thiazole rings is 1. The van der Waals surface area contributed by atoms with Gasteiger partial charge < -0.3 is 14.5 Å². The van der Waals surface area contributed by atoms with Crippen LogP contribution in [0.5, 0.6) is 0 Å². The monoisotopic (exact) mass is 370 g/mol. The molecule has 26 heavy (non-hydrogen) atoms. The Morgan fingerprint density at radius 2 is 2.15 bits per heavy atom. The van der Waals surface area contributed by atoms with Gasteiger partial charge in [0.05, 0.1) is 24.8 Å². The summed E-state index contributed by atoms with van der Waals surface area (Å²) in [5.74, 6) is 1.48. The third-order valence-electron chi connectivity index (χ3n) is 3.64. The Hall–Kier alpha value is -2.44. The van der Waals surface area contributed by atoms with E-state index in [1.54, 1.807) is 0 Å². The van der Waals surface area contributed by atoms with Crippen molar-refractivity contribution in [3.63, 3.8) is 0 Å². The molecule has 2 heterocycles. The van der Waals surface area contributed by atoms with E-state index < -0.39 is 0 Å². The van der Waals surface area contributed by atoms with Gasteiger partial charge in [0.1, 0.15) is 5.76 Å². The quantitative estimate of drug-likeness (QED) is 0.648. The number of carbonyl (C=O) groups is 1. The SMILES string of the molecule is Cc1ccc(-c2nc(CC(=O)Nc3cccc(COC(C)C)c3)cs2)o1. The van der Waals surface area contributed by atoms with Gasteiger partial charge in [-0.05, 0) is 50.6 Å². The number of ether oxygens (including phenoxy) is 1. The van der Waals surface area contributed by atoms with E-state index in [-0.39, 0.29) is 18.4 Å². The number of furan rings is 1. The highest BCUT2D eigenvalue weighted by Crippen LogP contribution is 2.25. The highest BCUT2D eigenvalue weighted by molar-refractivity contribution is 7.13. The largest absolute Gasteiger partial charge is 0.459 e. The topological polar surface area (TPSA) is 64.4 Å². The molecule has 0 unspecified atom stereocenters. The summed E-state index contributed by atoms with van der Waals surface area (Å²) in [5, 5.41) is 5.59. The van der Waals surface area contributed by atoms with Crippen LogP contribution in [0.1, 0.15) is 30.9 Å². The number of aromatic nitrogens is 1. The van der Waals surface area contributed by atoms with E-state index >= 15 is 0 Å². The molecule has 0 spiro atoms. The fourth-order valence-corrected chi connectivity index (χ4v) is 3.20. The molecule has 6 heteroatoms. The van der Waals surface area contributed by atoms with E-state index in [4.69, 9.17) is 9.15 Å². The van der Waals surface area contributed by atoms with Gasteiger partial charge >= 0.3 is 0 Å². The maximum absolute atomic E-state index is 12.3. The van der Waals surface area contributed by atoms with Crippen molar-refractivity contribution in [3.05, 3.63) is 58.8 Å². The molecule has 0 saturated heterocycles. The molecule has 1 aromatic carbocycles. The number of aryl methyl sites for hydroxylation is 1. The van der Waals surface area contributed by atoms with Crippen LogP contribution >= 0.6 is 11.3 Å². The minimum atomic E-state index is -0.0978. The molecule has 0 fully saturated rings. The lowest BCUT2D eigenvalue weighted by Crippen LogP contribution is -2.14.